The summed E-state index contributed by atoms with van der Waals surface area (Å²) in [4.78, 5) is 11.9. The molecule has 1 aliphatic rings. The molecule has 0 radical (unpaired) electrons. The van der Waals surface area contributed by atoms with Gasteiger partial charge in [-0.1, -0.05) is 0 Å². The number of phenols is 1. The highest BCUT2D eigenvalue weighted by molar-refractivity contribution is 9.10. The second-order valence-electron chi connectivity index (χ2n) is 4.57. The van der Waals surface area contributed by atoms with Crippen LogP contribution in [0.25, 0.3) is 11.3 Å². The maximum absolute atomic E-state index is 11.9. The van der Waals surface area contributed by atoms with Crippen LogP contribution in [0.1, 0.15) is 28.5 Å². The molecule has 1 heterocycles. The third kappa shape index (κ3) is 1.91. The van der Waals surface area contributed by atoms with E-state index in [2.05, 4.69) is 26.1 Å². The first-order chi connectivity index (χ1) is 9.63. The van der Waals surface area contributed by atoms with Crippen LogP contribution in [0.15, 0.2) is 16.6 Å². The molecular formula is C14H13BrN2O3. The summed E-state index contributed by atoms with van der Waals surface area (Å²) < 4.78 is 5.72. The summed E-state index contributed by atoms with van der Waals surface area (Å²) >= 11 is 3.40. The average Bonchev–Trinajstić information content (AvgIpc) is 2.87. The number of carbonyl (C=O) groups excluding carboxylic acids is 1. The molecule has 2 aromatic rings. The third-order valence-corrected chi connectivity index (χ3v) is 4.33. The van der Waals surface area contributed by atoms with Crippen molar-refractivity contribution in [1.82, 2.24) is 10.2 Å². The molecule has 1 aliphatic carbocycles. The van der Waals surface area contributed by atoms with E-state index in [0.29, 0.717) is 23.2 Å². The SMILES string of the molecule is CCOC(=O)c1[nH]nc2c1CCc1c-2ccc(O)c1Br. The van der Waals surface area contributed by atoms with Crippen molar-refractivity contribution in [2.75, 3.05) is 6.61 Å². The Morgan fingerprint density at radius 2 is 2.20 bits per heavy atom. The predicted molar refractivity (Wildman–Crippen MR) is 76.8 cm³/mol. The molecule has 0 atom stereocenters. The summed E-state index contributed by atoms with van der Waals surface area (Å²) in [5.41, 5.74) is 4.02. The first-order valence-electron chi connectivity index (χ1n) is 6.38. The minimum Gasteiger partial charge on any atom is -0.507 e. The number of H-pyrrole nitrogens is 1. The fraction of sp³-hybridized carbons (Fsp3) is 0.286. The second kappa shape index (κ2) is 4.94. The molecule has 0 amide bonds. The third-order valence-electron chi connectivity index (χ3n) is 3.45. The Labute approximate surface area is 124 Å². The molecule has 1 aromatic heterocycles. The normalized spacial score (nSPS) is 12.7. The molecular weight excluding hydrogens is 324 g/mol. The second-order valence-corrected chi connectivity index (χ2v) is 5.36. The van der Waals surface area contributed by atoms with E-state index in [0.717, 1.165) is 28.8 Å². The van der Waals surface area contributed by atoms with Crippen LogP contribution in [0.5, 0.6) is 5.75 Å². The van der Waals surface area contributed by atoms with Gasteiger partial charge in [0.05, 0.1) is 16.8 Å². The molecule has 0 saturated heterocycles. The van der Waals surface area contributed by atoms with Gasteiger partial charge < -0.3 is 9.84 Å². The Morgan fingerprint density at radius 1 is 1.45 bits per heavy atom. The summed E-state index contributed by atoms with van der Waals surface area (Å²) in [5, 5.41) is 16.8. The van der Waals surface area contributed by atoms with Crippen molar-refractivity contribution in [1.29, 1.82) is 0 Å². The van der Waals surface area contributed by atoms with E-state index in [1.54, 1.807) is 13.0 Å². The summed E-state index contributed by atoms with van der Waals surface area (Å²) in [6.45, 7) is 2.11. The minimum absolute atomic E-state index is 0.216. The van der Waals surface area contributed by atoms with Gasteiger partial charge in [0.25, 0.3) is 0 Å². The Bertz CT molecular complexity index is 694. The van der Waals surface area contributed by atoms with Crippen molar-refractivity contribution in [3.63, 3.8) is 0 Å². The van der Waals surface area contributed by atoms with Gasteiger partial charge in [0, 0.05) is 11.1 Å². The van der Waals surface area contributed by atoms with Gasteiger partial charge in [0.15, 0.2) is 0 Å². The molecule has 0 aliphatic heterocycles. The van der Waals surface area contributed by atoms with Crippen LogP contribution in [0.4, 0.5) is 0 Å². The standard InChI is InChI=1S/C14H13BrN2O3/c1-2-20-14(19)13-9-4-3-7-8(12(9)16-17-13)5-6-10(18)11(7)15/h5-6,18H,2-4H2,1H3,(H,16,17). The number of rotatable bonds is 2. The number of halogens is 1. The maximum Gasteiger partial charge on any atom is 0.356 e. The number of nitrogens with one attached hydrogen (secondary N) is 1. The topological polar surface area (TPSA) is 75.2 Å². The molecule has 1 aromatic carbocycles. The lowest BCUT2D eigenvalue weighted by atomic mass is 9.89. The number of carbonyl (C=O) groups is 1. The first kappa shape index (κ1) is 13.2. The Morgan fingerprint density at radius 3 is 2.95 bits per heavy atom. The lowest BCUT2D eigenvalue weighted by Gasteiger charge is -2.17. The van der Waals surface area contributed by atoms with Gasteiger partial charge in [-0.15, -0.1) is 0 Å². The lowest BCUT2D eigenvalue weighted by molar-refractivity contribution is 0.0518. The lowest BCUT2D eigenvalue weighted by Crippen LogP contribution is -2.11. The fourth-order valence-corrected chi connectivity index (χ4v) is 3.07. The Kier molecular flexibility index (Phi) is 3.25. The number of phenolic OH excluding ortho intramolecular Hbond substituents is 1. The van der Waals surface area contributed by atoms with Gasteiger partial charge in [-0.2, -0.15) is 5.10 Å². The largest absolute Gasteiger partial charge is 0.507 e. The molecule has 0 unspecified atom stereocenters. The zero-order valence-corrected chi connectivity index (χ0v) is 12.5. The van der Waals surface area contributed by atoms with Gasteiger partial charge in [0.2, 0.25) is 0 Å². The average molecular weight is 337 g/mol. The fourth-order valence-electron chi connectivity index (χ4n) is 2.53. The van der Waals surface area contributed by atoms with Crippen molar-refractivity contribution < 1.29 is 14.6 Å². The maximum atomic E-state index is 11.9. The molecule has 0 saturated carbocycles. The van der Waals surface area contributed by atoms with Crippen LogP contribution in [-0.2, 0) is 17.6 Å². The van der Waals surface area contributed by atoms with Gasteiger partial charge in [-0.3, -0.25) is 5.10 Å². The van der Waals surface area contributed by atoms with Gasteiger partial charge in [-0.25, -0.2) is 4.79 Å². The number of nitrogens with zero attached hydrogens (tertiary/aromatic N) is 1. The number of aromatic nitrogens is 2. The van der Waals surface area contributed by atoms with Crippen molar-refractivity contribution in [2.24, 2.45) is 0 Å². The number of aromatic hydroxyl groups is 1. The van der Waals surface area contributed by atoms with Crippen molar-refractivity contribution >= 4 is 21.9 Å². The summed E-state index contributed by atoms with van der Waals surface area (Å²) in [5.74, 6) is -0.157. The van der Waals surface area contributed by atoms with E-state index in [-0.39, 0.29) is 11.7 Å². The van der Waals surface area contributed by atoms with Crippen molar-refractivity contribution in [3.8, 4) is 17.0 Å². The number of ether oxygens (including phenoxy) is 1. The van der Waals surface area contributed by atoms with Crippen LogP contribution in [0, 0.1) is 0 Å². The van der Waals surface area contributed by atoms with E-state index in [1.165, 1.54) is 0 Å². The van der Waals surface area contributed by atoms with E-state index in [9.17, 15) is 9.90 Å². The number of fused-ring (bicyclic) bond motifs is 3. The number of benzene rings is 1. The quantitative estimate of drug-likeness (QED) is 0.827. The highest BCUT2D eigenvalue weighted by atomic mass is 79.9. The molecule has 2 N–H and O–H groups in total. The minimum atomic E-state index is -0.373. The summed E-state index contributed by atoms with van der Waals surface area (Å²) in [6.07, 6.45) is 1.43. The predicted octanol–water partition coefficient (Wildman–Crippen LogP) is 2.82. The first-order valence-corrected chi connectivity index (χ1v) is 7.17. The summed E-state index contributed by atoms with van der Waals surface area (Å²) in [6, 6.07) is 3.44. The van der Waals surface area contributed by atoms with Crippen molar-refractivity contribution in [3.05, 3.63) is 33.4 Å². The van der Waals surface area contributed by atoms with Crippen LogP contribution in [-0.4, -0.2) is 27.9 Å². The smallest absolute Gasteiger partial charge is 0.356 e. The molecule has 0 fully saturated rings. The summed E-state index contributed by atoms with van der Waals surface area (Å²) in [7, 11) is 0. The zero-order valence-electron chi connectivity index (χ0n) is 10.9. The van der Waals surface area contributed by atoms with Gasteiger partial charge in [0.1, 0.15) is 11.4 Å². The number of aromatic amines is 1. The monoisotopic (exact) mass is 336 g/mol. The number of esters is 1. The van der Waals surface area contributed by atoms with Crippen molar-refractivity contribution in [2.45, 2.75) is 19.8 Å². The van der Waals surface area contributed by atoms with E-state index >= 15 is 0 Å². The molecule has 3 rings (SSSR count). The molecule has 104 valence electrons. The number of hydrogen-bond acceptors (Lipinski definition) is 4. The van der Waals surface area contributed by atoms with E-state index in [4.69, 9.17) is 4.74 Å². The zero-order chi connectivity index (χ0) is 14.3. The number of hydrogen-bond donors (Lipinski definition) is 2. The van der Waals surface area contributed by atoms with E-state index < -0.39 is 0 Å². The van der Waals surface area contributed by atoms with Gasteiger partial charge in [-0.05, 0) is 53.4 Å². The molecule has 6 heteroatoms. The van der Waals surface area contributed by atoms with Crippen LogP contribution in [0.2, 0.25) is 0 Å². The Hall–Kier alpha value is -1.82. The molecule has 0 bridgehead atoms. The van der Waals surface area contributed by atoms with Crippen LogP contribution >= 0.6 is 15.9 Å². The van der Waals surface area contributed by atoms with Gasteiger partial charge >= 0.3 is 5.97 Å². The Balaban J connectivity index is 2.11. The molecule has 5 nitrogen and oxygen atoms in total. The van der Waals surface area contributed by atoms with Crippen LogP contribution < -0.4 is 0 Å². The van der Waals surface area contributed by atoms with E-state index in [1.807, 2.05) is 6.07 Å². The highest BCUT2D eigenvalue weighted by Crippen LogP contribution is 2.40. The highest BCUT2D eigenvalue weighted by Gasteiger charge is 2.27. The van der Waals surface area contributed by atoms with Crippen LogP contribution in [0.3, 0.4) is 0 Å². The molecule has 20 heavy (non-hydrogen) atoms. The molecule has 0 spiro atoms.